The smallest absolute Gasteiger partial charge is 0.126 e. The van der Waals surface area contributed by atoms with Crippen LogP contribution in [-0.4, -0.2) is 17.0 Å². The molecule has 0 aromatic heterocycles. The Morgan fingerprint density at radius 2 is 1.82 bits per heavy atom. The minimum atomic E-state index is -0.549. The third-order valence-electron chi connectivity index (χ3n) is 2.27. The maximum absolute atomic E-state index is 13.0. The Morgan fingerprint density at radius 1 is 1.24 bits per heavy atom. The molecule has 0 saturated heterocycles. The SMILES string of the molecule is CC(C)SCC(Cc1cc(F)cc(F)c1)NN. The fraction of sp³-hybridized carbons (Fsp3) is 0.500. The Morgan fingerprint density at radius 3 is 2.29 bits per heavy atom. The Bertz CT molecular complexity index is 338. The van der Waals surface area contributed by atoms with E-state index in [0.29, 0.717) is 17.2 Å². The molecule has 1 atom stereocenters. The predicted molar refractivity (Wildman–Crippen MR) is 68.8 cm³/mol. The summed E-state index contributed by atoms with van der Waals surface area (Å²) in [5.74, 6) is 5.15. The van der Waals surface area contributed by atoms with Gasteiger partial charge in [-0.1, -0.05) is 13.8 Å². The number of hydrogen-bond acceptors (Lipinski definition) is 3. The van der Waals surface area contributed by atoms with Gasteiger partial charge in [-0.15, -0.1) is 0 Å². The molecule has 0 aliphatic carbocycles. The quantitative estimate of drug-likeness (QED) is 0.609. The molecule has 0 bridgehead atoms. The first kappa shape index (κ1) is 14.4. The first-order chi connectivity index (χ1) is 8.01. The molecule has 17 heavy (non-hydrogen) atoms. The monoisotopic (exact) mass is 260 g/mol. The van der Waals surface area contributed by atoms with Crippen molar-refractivity contribution in [2.45, 2.75) is 31.6 Å². The molecule has 0 fully saturated rings. The second-order valence-electron chi connectivity index (χ2n) is 4.23. The third-order valence-corrected chi connectivity index (χ3v) is 3.53. The van der Waals surface area contributed by atoms with Crippen LogP contribution in [0.25, 0.3) is 0 Å². The number of nitrogens with two attached hydrogens (primary N) is 1. The van der Waals surface area contributed by atoms with Gasteiger partial charge in [0, 0.05) is 17.9 Å². The van der Waals surface area contributed by atoms with Crippen molar-refractivity contribution in [1.82, 2.24) is 5.43 Å². The van der Waals surface area contributed by atoms with Gasteiger partial charge >= 0.3 is 0 Å². The molecule has 1 unspecified atom stereocenters. The van der Waals surface area contributed by atoms with Crippen molar-refractivity contribution in [2.24, 2.45) is 5.84 Å². The van der Waals surface area contributed by atoms with Crippen LogP contribution in [0.2, 0.25) is 0 Å². The molecule has 1 aromatic carbocycles. The molecule has 0 aliphatic rings. The van der Waals surface area contributed by atoms with Crippen molar-refractivity contribution in [3.8, 4) is 0 Å². The summed E-state index contributed by atoms with van der Waals surface area (Å²) in [4.78, 5) is 0. The second-order valence-corrected chi connectivity index (χ2v) is 5.84. The van der Waals surface area contributed by atoms with Gasteiger partial charge in [0.05, 0.1) is 0 Å². The number of halogens is 2. The van der Waals surface area contributed by atoms with E-state index in [2.05, 4.69) is 19.3 Å². The summed E-state index contributed by atoms with van der Waals surface area (Å²) in [6, 6.07) is 3.57. The molecule has 2 nitrogen and oxygen atoms in total. The van der Waals surface area contributed by atoms with Crippen LogP contribution >= 0.6 is 11.8 Å². The number of benzene rings is 1. The molecular formula is C12H18F2N2S. The zero-order valence-corrected chi connectivity index (χ0v) is 10.9. The third kappa shape index (κ3) is 5.48. The van der Waals surface area contributed by atoms with Crippen molar-refractivity contribution >= 4 is 11.8 Å². The topological polar surface area (TPSA) is 38.0 Å². The van der Waals surface area contributed by atoms with E-state index in [9.17, 15) is 8.78 Å². The highest BCUT2D eigenvalue weighted by molar-refractivity contribution is 7.99. The summed E-state index contributed by atoms with van der Waals surface area (Å²) < 4.78 is 26.0. The fourth-order valence-electron chi connectivity index (χ4n) is 1.49. The van der Waals surface area contributed by atoms with Crippen molar-refractivity contribution in [1.29, 1.82) is 0 Å². The van der Waals surface area contributed by atoms with Gasteiger partial charge in [0.25, 0.3) is 0 Å². The number of rotatable bonds is 6. The lowest BCUT2D eigenvalue weighted by Crippen LogP contribution is -2.39. The molecular weight excluding hydrogens is 242 g/mol. The first-order valence-corrected chi connectivity index (χ1v) is 6.59. The lowest BCUT2D eigenvalue weighted by molar-refractivity contribution is 0.556. The molecule has 3 N–H and O–H groups in total. The van der Waals surface area contributed by atoms with Crippen LogP contribution in [-0.2, 0) is 6.42 Å². The predicted octanol–water partition coefficient (Wildman–Crippen LogP) is 2.48. The normalized spacial score (nSPS) is 13.1. The standard InChI is InChI=1S/C12H18F2N2S/c1-8(2)17-7-12(16-15)5-9-3-10(13)6-11(14)4-9/h3-4,6,8,12,16H,5,7,15H2,1-2H3. The maximum Gasteiger partial charge on any atom is 0.126 e. The average molecular weight is 260 g/mol. The summed E-state index contributed by atoms with van der Waals surface area (Å²) in [5.41, 5.74) is 3.30. The lowest BCUT2D eigenvalue weighted by Gasteiger charge is -2.17. The first-order valence-electron chi connectivity index (χ1n) is 5.54. The summed E-state index contributed by atoms with van der Waals surface area (Å²) in [6.07, 6.45) is 0.519. The summed E-state index contributed by atoms with van der Waals surface area (Å²) in [6.45, 7) is 4.19. The number of nitrogens with one attached hydrogen (secondary N) is 1. The molecule has 0 saturated carbocycles. The van der Waals surface area contributed by atoms with E-state index in [-0.39, 0.29) is 6.04 Å². The summed E-state index contributed by atoms with van der Waals surface area (Å²) in [7, 11) is 0. The largest absolute Gasteiger partial charge is 0.271 e. The van der Waals surface area contributed by atoms with Crippen LogP contribution in [0.1, 0.15) is 19.4 Å². The van der Waals surface area contributed by atoms with E-state index in [1.807, 2.05) is 0 Å². The Balaban J connectivity index is 2.60. The van der Waals surface area contributed by atoms with E-state index >= 15 is 0 Å². The molecule has 0 aliphatic heterocycles. The van der Waals surface area contributed by atoms with Crippen molar-refractivity contribution < 1.29 is 8.78 Å². The Kier molecular flexibility index (Phi) is 5.88. The molecule has 5 heteroatoms. The van der Waals surface area contributed by atoms with Crippen molar-refractivity contribution in [3.05, 3.63) is 35.4 Å². The highest BCUT2D eigenvalue weighted by Crippen LogP contribution is 2.15. The van der Waals surface area contributed by atoms with Gasteiger partial charge in [0.15, 0.2) is 0 Å². The van der Waals surface area contributed by atoms with Crippen LogP contribution in [0.3, 0.4) is 0 Å². The Hall–Kier alpha value is -0.650. The van der Waals surface area contributed by atoms with Crippen LogP contribution in [0, 0.1) is 11.6 Å². The molecule has 0 heterocycles. The molecule has 1 aromatic rings. The summed E-state index contributed by atoms with van der Waals surface area (Å²) in [5, 5.41) is 0.509. The Labute approximate surface area is 105 Å². The molecule has 0 spiro atoms. The van der Waals surface area contributed by atoms with E-state index in [0.717, 1.165) is 11.8 Å². The van der Waals surface area contributed by atoms with Crippen molar-refractivity contribution in [3.63, 3.8) is 0 Å². The minimum Gasteiger partial charge on any atom is -0.271 e. The van der Waals surface area contributed by atoms with Crippen molar-refractivity contribution in [2.75, 3.05) is 5.75 Å². The number of hydrogen-bond donors (Lipinski definition) is 2. The van der Waals surface area contributed by atoms with Crippen LogP contribution in [0.15, 0.2) is 18.2 Å². The van der Waals surface area contributed by atoms with Gasteiger partial charge in [0.1, 0.15) is 11.6 Å². The van der Waals surface area contributed by atoms with Crippen LogP contribution in [0.5, 0.6) is 0 Å². The van der Waals surface area contributed by atoms with Gasteiger partial charge < -0.3 is 0 Å². The summed E-state index contributed by atoms with van der Waals surface area (Å²) >= 11 is 1.76. The zero-order chi connectivity index (χ0) is 12.8. The van der Waals surface area contributed by atoms with E-state index in [1.165, 1.54) is 12.1 Å². The van der Waals surface area contributed by atoms with Gasteiger partial charge in [0.2, 0.25) is 0 Å². The molecule has 0 radical (unpaired) electrons. The number of thioether (sulfide) groups is 1. The zero-order valence-electron chi connectivity index (χ0n) is 10.0. The lowest BCUT2D eigenvalue weighted by atomic mass is 10.1. The van der Waals surface area contributed by atoms with E-state index in [1.54, 1.807) is 11.8 Å². The van der Waals surface area contributed by atoms with E-state index in [4.69, 9.17) is 5.84 Å². The molecule has 0 amide bonds. The second kappa shape index (κ2) is 6.93. The fourth-order valence-corrected chi connectivity index (χ4v) is 2.32. The van der Waals surface area contributed by atoms with Gasteiger partial charge in [-0.05, 0) is 29.4 Å². The highest BCUT2D eigenvalue weighted by Gasteiger charge is 2.10. The minimum absolute atomic E-state index is 0.0172. The average Bonchev–Trinajstić information content (AvgIpc) is 2.22. The van der Waals surface area contributed by atoms with Crippen LogP contribution in [0.4, 0.5) is 8.78 Å². The van der Waals surface area contributed by atoms with Crippen LogP contribution < -0.4 is 11.3 Å². The molecule has 96 valence electrons. The van der Waals surface area contributed by atoms with Gasteiger partial charge in [-0.3, -0.25) is 11.3 Å². The highest BCUT2D eigenvalue weighted by atomic mass is 32.2. The molecule has 1 rings (SSSR count). The van der Waals surface area contributed by atoms with Gasteiger partial charge in [-0.25, -0.2) is 8.78 Å². The van der Waals surface area contributed by atoms with Gasteiger partial charge in [-0.2, -0.15) is 11.8 Å². The maximum atomic E-state index is 13.0. The number of hydrazine groups is 1. The van der Waals surface area contributed by atoms with E-state index < -0.39 is 11.6 Å².